The van der Waals surface area contributed by atoms with E-state index in [4.69, 9.17) is 4.74 Å². The number of methoxy groups -OCH3 is 1. The van der Waals surface area contributed by atoms with Crippen molar-refractivity contribution in [3.8, 4) is 5.75 Å². The highest BCUT2D eigenvalue weighted by molar-refractivity contribution is 9.09. The van der Waals surface area contributed by atoms with Gasteiger partial charge in [-0.1, -0.05) is 28.1 Å². The molecular weight excluding hydrogens is 258 g/mol. The first-order valence-corrected chi connectivity index (χ1v) is 5.78. The molecular formula is C11H14BrNO2. The molecule has 15 heavy (non-hydrogen) atoms. The van der Waals surface area contributed by atoms with Crippen LogP contribution in [-0.4, -0.2) is 18.3 Å². The zero-order valence-corrected chi connectivity index (χ0v) is 10.4. The zero-order valence-electron chi connectivity index (χ0n) is 8.79. The van der Waals surface area contributed by atoms with E-state index in [-0.39, 0.29) is 11.9 Å². The lowest BCUT2D eigenvalue weighted by Crippen LogP contribution is -2.27. The van der Waals surface area contributed by atoms with Crippen molar-refractivity contribution in [2.75, 3.05) is 12.4 Å². The number of carbonyl (C=O) groups excluding carboxylic acids is 1. The molecule has 0 heterocycles. The van der Waals surface area contributed by atoms with Crippen LogP contribution < -0.4 is 10.1 Å². The number of hydrogen-bond donors (Lipinski definition) is 1. The number of hydrogen-bond acceptors (Lipinski definition) is 2. The molecule has 0 aromatic heterocycles. The monoisotopic (exact) mass is 271 g/mol. The van der Waals surface area contributed by atoms with Crippen LogP contribution in [-0.2, 0) is 4.79 Å². The van der Waals surface area contributed by atoms with Crippen molar-refractivity contribution in [3.05, 3.63) is 29.8 Å². The van der Waals surface area contributed by atoms with Crippen LogP contribution >= 0.6 is 15.9 Å². The fraction of sp³-hybridized carbons (Fsp3) is 0.364. The smallest absolute Gasteiger partial charge is 0.231 e. The summed E-state index contributed by atoms with van der Waals surface area (Å²) in [6, 6.07) is 7.65. The Morgan fingerprint density at radius 3 is 2.93 bits per heavy atom. The Labute approximate surface area is 97.9 Å². The van der Waals surface area contributed by atoms with Gasteiger partial charge >= 0.3 is 0 Å². The lowest BCUT2D eigenvalue weighted by atomic mass is 10.1. The molecule has 0 fully saturated rings. The highest BCUT2D eigenvalue weighted by atomic mass is 79.9. The second kappa shape index (κ2) is 5.75. The summed E-state index contributed by atoms with van der Waals surface area (Å²) >= 11 is 3.11. The minimum Gasteiger partial charge on any atom is -0.497 e. The minimum atomic E-state index is -0.0229. The molecule has 1 atom stereocenters. The molecule has 0 aliphatic carbocycles. The number of halogens is 1. The Morgan fingerprint density at radius 2 is 2.33 bits per heavy atom. The van der Waals surface area contributed by atoms with Gasteiger partial charge < -0.3 is 10.1 Å². The SMILES string of the molecule is COc1cccc([C@H](C)NC(=O)CBr)c1. The van der Waals surface area contributed by atoms with E-state index >= 15 is 0 Å². The van der Waals surface area contributed by atoms with Crippen LogP contribution in [0.15, 0.2) is 24.3 Å². The van der Waals surface area contributed by atoms with Crippen LogP contribution in [0.3, 0.4) is 0 Å². The number of ether oxygens (including phenoxy) is 1. The molecule has 0 saturated heterocycles. The molecule has 4 heteroatoms. The maximum absolute atomic E-state index is 11.2. The van der Waals surface area contributed by atoms with Gasteiger partial charge in [-0.2, -0.15) is 0 Å². The van der Waals surface area contributed by atoms with Crippen molar-refractivity contribution in [1.29, 1.82) is 0 Å². The van der Waals surface area contributed by atoms with Crippen LogP contribution in [0.4, 0.5) is 0 Å². The summed E-state index contributed by atoms with van der Waals surface area (Å²) in [5.74, 6) is 0.776. The molecule has 82 valence electrons. The Bertz CT molecular complexity index is 341. The maximum Gasteiger partial charge on any atom is 0.231 e. The van der Waals surface area contributed by atoms with Gasteiger partial charge in [-0.05, 0) is 24.6 Å². The van der Waals surface area contributed by atoms with Gasteiger partial charge in [-0.3, -0.25) is 4.79 Å². The van der Waals surface area contributed by atoms with Gasteiger partial charge in [0.1, 0.15) is 5.75 Å². The Balaban J connectivity index is 2.72. The third kappa shape index (κ3) is 3.55. The topological polar surface area (TPSA) is 38.3 Å². The average molecular weight is 272 g/mol. The summed E-state index contributed by atoms with van der Waals surface area (Å²) in [6.45, 7) is 1.94. The molecule has 0 bridgehead atoms. The maximum atomic E-state index is 11.2. The van der Waals surface area contributed by atoms with Crippen LogP contribution in [0.5, 0.6) is 5.75 Å². The van der Waals surface area contributed by atoms with Gasteiger partial charge in [0.05, 0.1) is 18.5 Å². The molecule has 0 radical (unpaired) electrons. The minimum absolute atomic E-state index is 0.00912. The first kappa shape index (κ1) is 12.0. The number of nitrogens with one attached hydrogen (secondary N) is 1. The predicted molar refractivity (Wildman–Crippen MR) is 63.3 cm³/mol. The third-order valence-corrected chi connectivity index (χ3v) is 2.60. The number of benzene rings is 1. The Morgan fingerprint density at radius 1 is 1.60 bits per heavy atom. The summed E-state index contributed by atoms with van der Waals surface area (Å²) < 4.78 is 5.11. The largest absolute Gasteiger partial charge is 0.497 e. The van der Waals surface area contributed by atoms with Gasteiger partial charge in [-0.25, -0.2) is 0 Å². The van der Waals surface area contributed by atoms with Crippen LogP contribution in [0, 0.1) is 0 Å². The van der Waals surface area contributed by atoms with Gasteiger partial charge in [-0.15, -0.1) is 0 Å². The van der Waals surface area contributed by atoms with Crippen LogP contribution in [0.2, 0.25) is 0 Å². The van der Waals surface area contributed by atoms with Gasteiger partial charge in [0, 0.05) is 0 Å². The van der Waals surface area contributed by atoms with Crippen molar-refractivity contribution in [2.45, 2.75) is 13.0 Å². The Hall–Kier alpha value is -1.03. The normalized spacial score (nSPS) is 11.9. The molecule has 0 spiro atoms. The Kier molecular flexibility index (Phi) is 4.62. The van der Waals surface area contributed by atoms with Gasteiger partial charge in [0.15, 0.2) is 0 Å². The van der Waals surface area contributed by atoms with Gasteiger partial charge in [0.25, 0.3) is 0 Å². The number of rotatable bonds is 4. The van der Waals surface area contributed by atoms with E-state index in [1.807, 2.05) is 31.2 Å². The van der Waals surface area contributed by atoms with Crippen LogP contribution in [0.25, 0.3) is 0 Å². The summed E-state index contributed by atoms with van der Waals surface area (Å²) in [6.07, 6.45) is 0. The summed E-state index contributed by atoms with van der Waals surface area (Å²) in [7, 11) is 1.63. The van der Waals surface area contributed by atoms with Gasteiger partial charge in [0.2, 0.25) is 5.91 Å². The van der Waals surface area contributed by atoms with E-state index in [2.05, 4.69) is 21.2 Å². The number of amides is 1. The van der Waals surface area contributed by atoms with E-state index in [1.54, 1.807) is 7.11 Å². The molecule has 0 aliphatic heterocycles. The lowest BCUT2D eigenvalue weighted by molar-refractivity contribution is -0.119. The summed E-state index contributed by atoms with van der Waals surface area (Å²) in [4.78, 5) is 11.2. The summed E-state index contributed by atoms with van der Waals surface area (Å²) in [5, 5.41) is 3.18. The van der Waals surface area contributed by atoms with Crippen LogP contribution in [0.1, 0.15) is 18.5 Å². The standard InChI is InChI=1S/C11H14BrNO2/c1-8(13-11(14)7-12)9-4-3-5-10(6-9)15-2/h3-6,8H,7H2,1-2H3,(H,13,14)/t8-/m0/s1. The second-order valence-electron chi connectivity index (χ2n) is 3.20. The highest BCUT2D eigenvalue weighted by Crippen LogP contribution is 2.18. The van der Waals surface area contributed by atoms with Crippen molar-refractivity contribution < 1.29 is 9.53 Å². The van der Waals surface area contributed by atoms with E-state index in [0.29, 0.717) is 5.33 Å². The molecule has 1 aromatic carbocycles. The molecule has 0 saturated carbocycles. The quantitative estimate of drug-likeness (QED) is 0.854. The van der Waals surface area contributed by atoms with E-state index in [0.717, 1.165) is 11.3 Å². The first-order valence-electron chi connectivity index (χ1n) is 4.66. The van der Waals surface area contributed by atoms with Crippen molar-refractivity contribution in [2.24, 2.45) is 0 Å². The van der Waals surface area contributed by atoms with E-state index < -0.39 is 0 Å². The molecule has 1 N–H and O–H groups in total. The van der Waals surface area contributed by atoms with Crippen molar-refractivity contribution in [1.82, 2.24) is 5.32 Å². The van der Waals surface area contributed by atoms with E-state index in [1.165, 1.54) is 0 Å². The average Bonchev–Trinajstić information content (AvgIpc) is 2.28. The molecule has 0 unspecified atom stereocenters. The molecule has 3 nitrogen and oxygen atoms in total. The highest BCUT2D eigenvalue weighted by Gasteiger charge is 2.08. The molecule has 1 aromatic rings. The lowest BCUT2D eigenvalue weighted by Gasteiger charge is -2.14. The fourth-order valence-electron chi connectivity index (χ4n) is 1.27. The van der Waals surface area contributed by atoms with E-state index in [9.17, 15) is 4.79 Å². The fourth-order valence-corrected chi connectivity index (χ4v) is 1.44. The zero-order chi connectivity index (χ0) is 11.3. The number of carbonyl (C=O) groups is 1. The number of alkyl halides is 1. The molecule has 0 aliphatic rings. The third-order valence-electron chi connectivity index (χ3n) is 2.09. The first-order chi connectivity index (χ1) is 7.17. The van der Waals surface area contributed by atoms with Crippen molar-refractivity contribution in [3.63, 3.8) is 0 Å². The molecule has 1 rings (SSSR count). The molecule has 1 amide bonds. The van der Waals surface area contributed by atoms with Crippen molar-refractivity contribution >= 4 is 21.8 Å². The second-order valence-corrected chi connectivity index (χ2v) is 3.76. The predicted octanol–water partition coefficient (Wildman–Crippen LogP) is 2.27. The summed E-state index contributed by atoms with van der Waals surface area (Å²) in [5.41, 5.74) is 1.03.